The monoisotopic (exact) mass is 873 g/mol. The number of unbranched alkanes of at least 4 members (excludes halogenated alkanes) is 35. The van der Waals surface area contributed by atoms with E-state index in [-0.39, 0.29) is 31.1 Å². The highest BCUT2D eigenvalue weighted by molar-refractivity contribution is 5.71. The predicted octanol–water partition coefficient (Wildman–Crippen LogP) is 17.9. The summed E-state index contributed by atoms with van der Waals surface area (Å²) >= 11 is 0. The minimum atomic E-state index is -0.769. The lowest BCUT2D eigenvalue weighted by Crippen LogP contribution is -2.30. The van der Waals surface area contributed by atoms with Crippen LogP contribution in [-0.4, -0.2) is 37.2 Å². The molecule has 364 valence electrons. The number of hydrogen-bond acceptors (Lipinski definition) is 6. The molecule has 0 radical (unpaired) electrons. The summed E-state index contributed by atoms with van der Waals surface area (Å²) in [6.07, 6.45) is 58.8. The molecule has 1 unspecified atom stereocenters. The molecule has 0 aliphatic rings. The van der Waals surface area contributed by atoms with Gasteiger partial charge in [-0.05, 0) is 44.9 Å². The van der Waals surface area contributed by atoms with E-state index in [1.165, 1.54) is 180 Å². The van der Waals surface area contributed by atoms with Gasteiger partial charge in [-0.2, -0.15) is 0 Å². The molecule has 62 heavy (non-hydrogen) atoms. The molecule has 0 spiro atoms. The second kappa shape index (κ2) is 51.5. The van der Waals surface area contributed by atoms with Crippen LogP contribution in [0.4, 0.5) is 0 Å². The van der Waals surface area contributed by atoms with E-state index in [0.29, 0.717) is 19.3 Å². The van der Waals surface area contributed by atoms with Crippen molar-refractivity contribution in [2.24, 2.45) is 0 Å². The lowest BCUT2D eigenvalue weighted by atomic mass is 10.0. The summed E-state index contributed by atoms with van der Waals surface area (Å²) in [5.41, 5.74) is 0. The first-order valence-electron chi connectivity index (χ1n) is 27.3. The Morgan fingerprint density at radius 1 is 0.339 bits per heavy atom. The Bertz CT molecular complexity index is 1000. The van der Waals surface area contributed by atoms with Crippen molar-refractivity contribution in [2.45, 2.75) is 303 Å². The summed E-state index contributed by atoms with van der Waals surface area (Å²) in [4.78, 5) is 38.0. The fourth-order valence-corrected chi connectivity index (χ4v) is 8.13. The first-order chi connectivity index (χ1) is 30.5. The summed E-state index contributed by atoms with van der Waals surface area (Å²) in [5.74, 6) is -0.861. The zero-order chi connectivity index (χ0) is 45.1. The second-order valence-electron chi connectivity index (χ2n) is 18.5. The molecule has 6 nitrogen and oxygen atoms in total. The summed E-state index contributed by atoms with van der Waals surface area (Å²) in [6, 6.07) is 0. The van der Waals surface area contributed by atoms with E-state index in [9.17, 15) is 14.4 Å². The summed E-state index contributed by atoms with van der Waals surface area (Å²) in [6.45, 7) is 6.56. The Balaban J connectivity index is 4.27. The number of carbonyl (C=O) groups excluding carboxylic acids is 3. The molecule has 0 N–H and O–H groups in total. The average Bonchev–Trinajstić information content (AvgIpc) is 3.27. The third-order valence-electron chi connectivity index (χ3n) is 12.2. The highest BCUT2D eigenvalue weighted by Gasteiger charge is 2.19. The molecular formula is C56H104O6. The van der Waals surface area contributed by atoms with Gasteiger partial charge < -0.3 is 14.2 Å². The molecule has 0 bridgehead atoms. The van der Waals surface area contributed by atoms with Crippen molar-refractivity contribution in [3.63, 3.8) is 0 Å². The standard InChI is InChI=1S/C56H104O6/c1-4-7-10-13-16-19-22-24-26-27-28-29-30-32-34-37-40-43-46-49-55(58)61-52-53(51-60-54(57)48-45-42-39-36-33-21-18-15-12-9-6-3)62-56(59)50-47-44-41-38-35-31-25-23-20-17-14-11-8-5-2/h8,11,17,20,53H,4-7,9-10,12-16,18-19,21-52H2,1-3H3/b11-8-,20-17-. The van der Waals surface area contributed by atoms with Crippen molar-refractivity contribution in [1.82, 2.24) is 0 Å². The van der Waals surface area contributed by atoms with Gasteiger partial charge in [0, 0.05) is 19.3 Å². The molecule has 0 saturated carbocycles. The van der Waals surface area contributed by atoms with Crippen LogP contribution in [0, 0.1) is 0 Å². The maximum atomic E-state index is 12.8. The van der Waals surface area contributed by atoms with E-state index in [1.807, 2.05) is 0 Å². The van der Waals surface area contributed by atoms with Crippen LogP contribution in [0.25, 0.3) is 0 Å². The third kappa shape index (κ3) is 48.9. The topological polar surface area (TPSA) is 78.9 Å². The Morgan fingerprint density at radius 3 is 0.968 bits per heavy atom. The van der Waals surface area contributed by atoms with E-state index in [1.54, 1.807) is 0 Å². The van der Waals surface area contributed by atoms with Gasteiger partial charge in [0.15, 0.2) is 6.10 Å². The highest BCUT2D eigenvalue weighted by atomic mass is 16.6. The quantitative estimate of drug-likeness (QED) is 0.0262. The zero-order valence-corrected chi connectivity index (χ0v) is 41.7. The van der Waals surface area contributed by atoms with E-state index in [0.717, 1.165) is 77.0 Å². The van der Waals surface area contributed by atoms with Crippen LogP contribution >= 0.6 is 0 Å². The fraction of sp³-hybridized carbons (Fsp3) is 0.875. The minimum Gasteiger partial charge on any atom is -0.462 e. The first kappa shape index (κ1) is 59.9. The van der Waals surface area contributed by atoms with Gasteiger partial charge in [0.1, 0.15) is 13.2 Å². The normalized spacial score (nSPS) is 12.1. The molecule has 0 aromatic carbocycles. The minimum absolute atomic E-state index is 0.0694. The van der Waals surface area contributed by atoms with Gasteiger partial charge in [0.25, 0.3) is 0 Å². The van der Waals surface area contributed by atoms with Crippen LogP contribution in [0.1, 0.15) is 297 Å². The fourth-order valence-electron chi connectivity index (χ4n) is 8.13. The van der Waals surface area contributed by atoms with Crippen molar-refractivity contribution in [3.8, 4) is 0 Å². The molecule has 0 saturated heterocycles. The lowest BCUT2D eigenvalue weighted by Gasteiger charge is -2.18. The van der Waals surface area contributed by atoms with Crippen molar-refractivity contribution in [1.29, 1.82) is 0 Å². The number of allylic oxidation sites excluding steroid dienone is 4. The summed E-state index contributed by atoms with van der Waals surface area (Å²) in [7, 11) is 0. The van der Waals surface area contributed by atoms with Gasteiger partial charge in [-0.1, -0.05) is 257 Å². The Morgan fingerprint density at radius 2 is 0.629 bits per heavy atom. The van der Waals surface area contributed by atoms with Crippen molar-refractivity contribution < 1.29 is 28.6 Å². The van der Waals surface area contributed by atoms with Crippen molar-refractivity contribution in [2.75, 3.05) is 13.2 Å². The molecule has 0 heterocycles. The van der Waals surface area contributed by atoms with Crippen LogP contribution in [0.15, 0.2) is 24.3 Å². The molecule has 0 rings (SSSR count). The summed E-state index contributed by atoms with van der Waals surface area (Å²) < 4.78 is 16.8. The molecular weight excluding hydrogens is 769 g/mol. The summed E-state index contributed by atoms with van der Waals surface area (Å²) in [5, 5.41) is 0. The van der Waals surface area contributed by atoms with E-state index in [4.69, 9.17) is 14.2 Å². The van der Waals surface area contributed by atoms with Crippen LogP contribution < -0.4 is 0 Å². The molecule has 0 amide bonds. The van der Waals surface area contributed by atoms with Crippen LogP contribution in [0.5, 0.6) is 0 Å². The number of esters is 3. The van der Waals surface area contributed by atoms with Gasteiger partial charge in [-0.3, -0.25) is 14.4 Å². The zero-order valence-electron chi connectivity index (χ0n) is 41.7. The van der Waals surface area contributed by atoms with Crippen LogP contribution in [0.2, 0.25) is 0 Å². The molecule has 0 aliphatic heterocycles. The smallest absolute Gasteiger partial charge is 0.306 e. The first-order valence-corrected chi connectivity index (χ1v) is 27.3. The molecule has 1 atom stereocenters. The maximum absolute atomic E-state index is 12.8. The van der Waals surface area contributed by atoms with E-state index < -0.39 is 6.10 Å². The Labute approximate surface area is 385 Å². The molecule has 0 aliphatic carbocycles. The molecule has 0 aromatic heterocycles. The van der Waals surface area contributed by atoms with E-state index in [2.05, 4.69) is 45.1 Å². The van der Waals surface area contributed by atoms with Crippen molar-refractivity contribution >= 4 is 17.9 Å². The SMILES string of the molecule is CC/C=C\C/C=C\CCCCCCCCCC(=O)OC(COC(=O)CCCCCCCCCCCCC)COC(=O)CCCCCCCCCCCCCCCCCCCCC. The number of rotatable bonds is 50. The van der Waals surface area contributed by atoms with Crippen LogP contribution in [0.3, 0.4) is 0 Å². The molecule has 6 heteroatoms. The predicted molar refractivity (Wildman–Crippen MR) is 266 cm³/mol. The molecule has 0 aromatic rings. The van der Waals surface area contributed by atoms with Crippen LogP contribution in [-0.2, 0) is 28.6 Å². The maximum Gasteiger partial charge on any atom is 0.306 e. The number of carbonyl (C=O) groups is 3. The van der Waals surface area contributed by atoms with Gasteiger partial charge in [-0.25, -0.2) is 0 Å². The molecule has 0 fully saturated rings. The Hall–Kier alpha value is -2.11. The lowest BCUT2D eigenvalue weighted by molar-refractivity contribution is -0.167. The number of hydrogen-bond donors (Lipinski definition) is 0. The van der Waals surface area contributed by atoms with E-state index >= 15 is 0 Å². The van der Waals surface area contributed by atoms with Crippen molar-refractivity contribution in [3.05, 3.63) is 24.3 Å². The van der Waals surface area contributed by atoms with Gasteiger partial charge >= 0.3 is 17.9 Å². The number of ether oxygens (including phenoxy) is 3. The third-order valence-corrected chi connectivity index (χ3v) is 12.2. The van der Waals surface area contributed by atoms with Gasteiger partial charge in [-0.15, -0.1) is 0 Å². The largest absolute Gasteiger partial charge is 0.462 e. The Kier molecular flexibility index (Phi) is 49.8. The highest BCUT2D eigenvalue weighted by Crippen LogP contribution is 2.17. The second-order valence-corrected chi connectivity index (χ2v) is 18.5. The van der Waals surface area contributed by atoms with Gasteiger partial charge in [0.2, 0.25) is 0 Å². The van der Waals surface area contributed by atoms with Gasteiger partial charge in [0.05, 0.1) is 0 Å². The average molecular weight is 873 g/mol.